The molecule has 5 heteroatoms. The van der Waals surface area contributed by atoms with Gasteiger partial charge in [0.1, 0.15) is 0 Å². The largest absolute Gasteiger partial charge is 0.394 e. The first kappa shape index (κ1) is 24.0. The summed E-state index contributed by atoms with van der Waals surface area (Å²) in [5.41, 5.74) is 7.47. The summed E-state index contributed by atoms with van der Waals surface area (Å²) in [5.74, 6) is 0.282. The Morgan fingerprint density at radius 3 is 2.52 bits per heavy atom. The third-order valence-corrected chi connectivity index (χ3v) is 7.90. The minimum absolute atomic E-state index is 0.255. The van der Waals surface area contributed by atoms with Gasteiger partial charge >= 0.3 is 0 Å². The molecule has 170 valence electrons. The van der Waals surface area contributed by atoms with Crippen LogP contribution in [0.25, 0.3) is 0 Å². The van der Waals surface area contributed by atoms with Gasteiger partial charge in [-0.1, -0.05) is 32.9 Å². The van der Waals surface area contributed by atoms with Gasteiger partial charge < -0.3 is 15.5 Å². The summed E-state index contributed by atoms with van der Waals surface area (Å²) in [5, 5.41) is 21.8. The normalized spacial score (nSPS) is 16.1. The van der Waals surface area contributed by atoms with Crippen molar-refractivity contribution in [2.75, 3.05) is 18.5 Å². The van der Waals surface area contributed by atoms with Gasteiger partial charge in [-0.15, -0.1) is 11.3 Å². The number of carbonyl (C=O) groups excluding carboxylic acids is 1. The van der Waals surface area contributed by atoms with Crippen molar-refractivity contribution in [3.05, 3.63) is 49.7 Å². The first-order valence-electron chi connectivity index (χ1n) is 11.4. The molecule has 1 heterocycles. The van der Waals surface area contributed by atoms with E-state index >= 15 is 0 Å². The molecule has 0 aliphatic heterocycles. The average molecular weight is 444 g/mol. The maximum atomic E-state index is 13.2. The fourth-order valence-corrected chi connectivity index (χ4v) is 5.97. The maximum absolute atomic E-state index is 13.2. The van der Waals surface area contributed by atoms with E-state index in [1.807, 2.05) is 13.8 Å². The van der Waals surface area contributed by atoms with Crippen molar-refractivity contribution in [2.45, 2.75) is 79.2 Å². The smallest absolute Gasteiger partial charge is 0.173 e. The Morgan fingerprint density at radius 2 is 1.90 bits per heavy atom. The van der Waals surface area contributed by atoms with Crippen molar-refractivity contribution in [1.82, 2.24) is 0 Å². The number of nitrogens with one attached hydrogen (secondary N) is 1. The average Bonchev–Trinajstić information content (AvgIpc) is 3.07. The van der Waals surface area contributed by atoms with Gasteiger partial charge in [0.25, 0.3) is 0 Å². The monoisotopic (exact) mass is 443 g/mol. The van der Waals surface area contributed by atoms with Crippen molar-refractivity contribution in [2.24, 2.45) is 5.41 Å². The van der Waals surface area contributed by atoms with Crippen LogP contribution in [0.2, 0.25) is 0 Å². The molecule has 2 aromatic rings. The molecule has 1 atom stereocenters. The number of aliphatic hydroxyl groups excluding tert-OH is 2. The van der Waals surface area contributed by atoms with Crippen molar-refractivity contribution >= 4 is 22.8 Å². The van der Waals surface area contributed by atoms with E-state index in [0.717, 1.165) is 53.8 Å². The first-order chi connectivity index (χ1) is 14.6. The van der Waals surface area contributed by atoms with E-state index in [0.29, 0.717) is 18.4 Å². The predicted molar refractivity (Wildman–Crippen MR) is 130 cm³/mol. The maximum Gasteiger partial charge on any atom is 0.173 e. The topological polar surface area (TPSA) is 69.6 Å². The number of aliphatic hydroxyl groups is 2. The number of thiophene rings is 1. The van der Waals surface area contributed by atoms with Gasteiger partial charge in [0, 0.05) is 23.5 Å². The highest BCUT2D eigenvalue weighted by atomic mass is 32.1. The quantitative estimate of drug-likeness (QED) is 0.476. The zero-order valence-corrected chi connectivity index (χ0v) is 20.4. The lowest BCUT2D eigenvalue weighted by atomic mass is 9.74. The lowest BCUT2D eigenvalue weighted by Gasteiger charge is -2.30. The molecule has 1 aromatic carbocycles. The molecule has 0 radical (unpaired) electrons. The summed E-state index contributed by atoms with van der Waals surface area (Å²) in [7, 11) is 0. The molecule has 1 aliphatic rings. The molecule has 4 nitrogen and oxygen atoms in total. The lowest BCUT2D eigenvalue weighted by molar-refractivity contribution is 0.0985. The highest BCUT2D eigenvalue weighted by molar-refractivity contribution is 7.14. The van der Waals surface area contributed by atoms with E-state index in [4.69, 9.17) is 5.11 Å². The summed E-state index contributed by atoms with van der Waals surface area (Å²) in [6, 6.07) is 4.25. The van der Waals surface area contributed by atoms with E-state index in [1.165, 1.54) is 21.6 Å². The van der Waals surface area contributed by atoms with E-state index in [2.05, 4.69) is 38.2 Å². The Labute approximate surface area is 190 Å². The molecule has 31 heavy (non-hydrogen) atoms. The summed E-state index contributed by atoms with van der Waals surface area (Å²) in [6.07, 6.45) is 4.78. The Morgan fingerprint density at radius 1 is 1.23 bits per heavy atom. The second-order valence-electron chi connectivity index (χ2n) is 9.75. The van der Waals surface area contributed by atoms with Crippen molar-refractivity contribution in [3.8, 4) is 0 Å². The minimum Gasteiger partial charge on any atom is -0.394 e. The highest BCUT2D eigenvalue weighted by Crippen LogP contribution is 2.42. The Kier molecular flexibility index (Phi) is 7.61. The van der Waals surface area contributed by atoms with Gasteiger partial charge in [0.2, 0.25) is 0 Å². The van der Waals surface area contributed by atoms with Gasteiger partial charge in [-0.25, -0.2) is 0 Å². The van der Waals surface area contributed by atoms with E-state index in [-0.39, 0.29) is 12.4 Å². The summed E-state index contributed by atoms with van der Waals surface area (Å²) < 4.78 is 0. The van der Waals surface area contributed by atoms with Crippen LogP contribution >= 0.6 is 11.3 Å². The molecular weight excluding hydrogens is 406 g/mol. The molecule has 0 saturated heterocycles. The van der Waals surface area contributed by atoms with Crippen LogP contribution in [-0.4, -0.2) is 35.3 Å². The molecular formula is C26H37NO3S. The van der Waals surface area contributed by atoms with E-state index < -0.39 is 6.10 Å². The zero-order valence-electron chi connectivity index (χ0n) is 19.6. The second kappa shape index (κ2) is 9.85. The number of carbonyl (C=O) groups is 1. The number of anilines is 1. The van der Waals surface area contributed by atoms with Crippen LogP contribution in [0.3, 0.4) is 0 Å². The SMILES string of the molecule is CCc1sc(C(=O)CCc2cc(C)c(NCC(O)CO)c(C)c2)c2c1CC(C)(C)CC2. The van der Waals surface area contributed by atoms with E-state index in [1.54, 1.807) is 11.3 Å². The number of benzene rings is 1. The van der Waals surface area contributed by atoms with Gasteiger partial charge in [-0.2, -0.15) is 0 Å². The van der Waals surface area contributed by atoms with Gasteiger partial charge in [0.05, 0.1) is 17.6 Å². The van der Waals surface area contributed by atoms with Crippen LogP contribution in [-0.2, 0) is 25.7 Å². The molecule has 0 fully saturated rings. The van der Waals surface area contributed by atoms with Crippen molar-refractivity contribution in [1.29, 1.82) is 0 Å². The molecule has 0 amide bonds. The van der Waals surface area contributed by atoms with Crippen LogP contribution in [0.5, 0.6) is 0 Å². The molecule has 1 aliphatic carbocycles. The lowest BCUT2D eigenvalue weighted by Crippen LogP contribution is -2.23. The van der Waals surface area contributed by atoms with Crippen LogP contribution < -0.4 is 5.32 Å². The number of ketones is 1. The fourth-order valence-electron chi connectivity index (χ4n) is 4.69. The number of fused-ring (bicyclic) bond motifs is 1. The second-order valence-corrected chi connectivity index (χ2v) is 10.9. The molecule has 3 N–H and O–H groups in total. The third-order valence-electron chi connectivity index (χ3n) is 6.44. The number of Topliss-reactive ketones (excluding diaryl/α,β-unsaturated/α-hetero) is 1. The van der Waals surface area contributed by atoms with Crippen molar-refractivity contribution in [3.63, 3.8) is 0 Å². The van der Waals surface area contributed by atoms with E-state index in [9.17, 15) is 9.90 Å². The summed E-state index contributed by atoms with van der Waals surface area (Å²) in [6.45, 7) is 11.0. The van der Waals surface area contributed by atoms with Crippen molar-refractivity contribution < 1.29 is 15.0 Å². The molecule has 3 rings (SSSR count). The first-order valence-corrected chi connectivity index (χ1v) is 12.3. The Bertz CT molecular complexity index is 921. The standard InChI is InChI=1S/C26H37NO3S/c1-6-23-21-13-26(4,5)10-9-20(21)25(31-23)22(30)8-7-18-11-16(2)24(17(3)12-18)27-14-19(29)15-28/h11-12,19,27-29H,6-10,13-15H2,1-5H3. The number of aryl methyl sites for hydroxylation is 4. The number of hydrogen-bond donors (Lipinski definition) is 3. The fraction of sp³-hybridized carbons (Fsp3) is 0.577. The highest BCUT2D eigenvalue weighted by Gasteiger charge is 2.31. The number of hydrogen-bond acceptors (Lipinski definition) is 5. The molecule has 1 unspecified atom stereocenters. The van der Waals surface area contributed by atoms with Crippen LogP contribution in [0.1, 0.15) is 76.0 Å². The molecule has 0 spiro atoms. The summed E-state index contributed by atoms with van der Waals surface area (Å²) >= 11 is 1.74. The van der Waals surface area contributed by atoms with Crippen LogP contribution in [0.15, 0.2) is 12.1 Å². The molecule has 1 aromatic heterocycles. The number of rotatable bonds is 9. The van der Waals surface area contributed by atoms with Gasteiger partial charge in [0.15, 0.2) is 5.78 Å². The van der Waals surface area contributed by atoms with Gasteiger partial charge in [-0.05, 0) is 79.2 Å². The van der Waals surface area contributed by atoms with Gasteiger partial charge in [-0.3, -0.25) is 4.79 Å². The van der Waals surface area contributed by atoms with Crippen LogP contribution in [0.4, 0.5) is 5.69 Å². The van der Waals surface area contributed by atoms with Crippen LogP contribution in [0, 0.1) is 19.3 Å². The third kappa shape index (κ3) is 5.57. The molecule has 0 saturated carbocycles. The Hall–Kier alpha value is -1.69. The minimum atomic E-state index is -0.772. The molecule has 0 bridgehead atoms. The predicted octanol–water partition coefficient (Wildman–Crippen LogP) is 5.02. The summed E-state index contributed by atoms with van der Waals surface area (Å²) in [4.78, 5) is 15.6. The zero-order chi connectivity index (χ0) is 22.8. The Balaban J connectivity index is 1.71.